The lowest BCUT2D eigenvalue weighted by Gasteiger charge is -2.05. The molecule has 0 amide bonds. The minimum atomic E-state index is -4.30. The molecular formula is C12H12F3N. The second kappa shape index (κ2) is 5.57. The van der Waals surface area contributed by atoms with Crippen LogP contribution in [-0.4, -0.2) is 13.6 Å². The molecule has 0 bridgehead atoms. The summed E-state index contributed by atoms with van der Waals surface area (Å²) in [6.07, 6.45) is -3.69. The van der Waals surface area contributed by atoms with E-state index in [1.54, 1.807) is 13.1 Å². The molecule has 0 spiro atoms. The molecule has 0 aliphatic rings. The topological polar surface area (TPSA) is 12.0 Å². The Balaban J connectivity index is 2.78. The number of alkyl halides is 3. The maximum absolute atomic E-state index is 12.4. The molecule has 0 fully saturated rings. The molecule has 0 atom stereocenters. The summed E-state index contributed by atoms with van der Waals surface area (Å²) >= 11 is 0. The highest BCUT2D eigenvalue weighted by molar-refractivity contribution is 5.38. The third-order valence-corrected chi connectivity index (χ3v) is 1.92. The van der Waals surface area contributed by atoms with Crippen LogP contribution < -0.4 is 5.32 Å². The van der Waals surface area contributed by atoms with E-state index in [0.717, 1.165) is 18.7 Å². The average Bonchev–Trinajstić information content (AvgIpc) is 2.24. The number of halogens is 3. The number of hydrogen-bond acceptors (Lipinski definition) is 1. The monoisotopic (exact) mass is 227 g/mol. The Labute approximate surface area is 92.7 Å². The maximum atomic E-state index is 12.4. The van der Waals surface area contributed by atoms with Gasteiger partial charge < -0.3 is 5.32 Å². The van der Waals surface area contributed by atoms with Crippen LogP contribution in [0.2, 0.25) is 0 Å². The van der Waals surface area contributed by atoms with Crippen LogP contribution in [0.25, 0.3) is 0 Å². The summed E-state index contributed by atoms with van der Waals surface area (Å²) in [5, 5.41) is 2.91. The van der Waals surface area contributed by atoms with Crippen molar-refractivity contribution in [3.8, 4) is 11.8 Å². The molecule has 1 aromatic carbocycles. The third-order valence-electron chi connectivity index (χ3n) is 1.92. The van der Waals surface area contributed by atoms with Crippen LogP contribution in [0.4, 0.5) is 13.2 Å². The summed E-state index contributed by atoms with van der Waals surface area (Å²) < 4.78 is 37.1. The lowest BCUT2D eigenvalue weighted by Crippen LogP contribution is -2.06. The Morgan fingerprint density at radius 3 is 2.69 bits per heavy atom. The molecule has 0 saturated carbocycles. The van der Waals surface area contributed by atoms with Crippen molar-refractivity contribution in [2.45, 2.75) is 12.6 Å². The molecule has 0 heterocycles. The summed E-state index contributed by atoms with van der Waals surface area (Å²) in [5.41, 5.74) is -0.265. The van der Waals surface area contributed by atoms with E-state index in [2.05, 4.69) is 17.2 Å². The van der Waals surface area contributed by atoms with Gasteiger partial charge in [0.2, 0.25) is 0 Å². The Hall–Kier alpha value is -1.47. The number of benzene rings is 1. The molecule has 4 heteroatoms. The molecule has 0 saturated heterocycles. The van der Waals surface area contributed by atoms with Crippen molar-refractivity contribution in [1.82, 2.24) is 5.32 Å². The molecule has 16 heavy (non-hydrogen) atoms. The number of hydrogen-bond donors (Lipinski definition) is 1. The van der Waals surface area contributed by atoms with Gasteiger partial charge in [-0.05, 0) is 25.2 Å². The van der Waals surface area contributed by atoms with E-state index in [4.69, 9.17) is 0 Å². The van der Waals surface area contributed by atoms with Gasteiger partial charge in [-0.1, -0.05) is 17.9 Å². The largest absolute Gasteiger partial charge is 0.416 e. The Kier molecular flexibility index (Phi) is 4.39. The zero-order chi connectivity index (χ0) is 12.0. The van der Waals surface area contributed by atoms with Crippen LogP contribution in [0.15, 0.2) is 24.3 Å². The van der Waals surface area contributed by atoms with Crippen LogP contribution in [0.1, 0.15) is 17.5 Å². The first-order chi connectivity index (χ1) is 7.54. The van der Waals surface area contributed by atoms with Gasteiger partial charge in [0.05, 0.1) is 5.56 Å². The first-order valence-electron chi connectivity index (χ1n) is 4.85. The molecule has 86 valence electrons. The molecule has 0 unspecified atom stereocenters. The Morgan fingerprint density at radius 2 is 2.06 bits per heavy atom. The van der Waals surface area contributed by atoms with Crippen molar-refractivity contribution < 1.29 is 13.2 Å². The highest BCUT2D eigenvalue weighted by atomic mass is 19.4. The second-order valence-electron chi connectivity index (χ2n) is 3.23. The number of nitrogens with one attached hydrogen (secondary N) is 1. The summed E-state index contributed by atoms with van der Waals surface area (Å²) in [7, 11) is 1.80. The van der Waals surface area contributed by atoms with Crippen molar-refractivity contribution >= 4 is 0 Å². The van der Waals surface area contributed by atoms with Crippen LogP contribution in [0.5, 0.6) is 0 Å². The van der Waals surface area contributed by atoms with Gasteiger partial charge in [-0.2, -0.15) is 13.2 Å². The minimum absolute atomic E-state index is 0.394. The van der Waals surface area contributed by atoms with Crippen molar-refractivity contribution in [1.29, 1.82) is 0 Å². The van der Waals surface area contributed by atoms with E-state index < -0.39 is 11.7 Å². The third kappa shape index (κ3) is 3.95. The summed E-state index contributed by atoms with van der Waals surface area (Å²) in [5.74, 6) is 5.50. The molecule has 0 aliphatic carbocycles. The fourth-order valence-electron chi connectivity index (χ4n) is 1.13. The van der Waals surface area contributed by atoms with Gasteiger partial charge in [-0.3, -0.25) is 0 Å². The zero-order valence-electron chi connectivity index (χ0n) is 8.86. The summed E-state index contributed by atoms with van der Waals surface area (Å²) in [6, 6.07) is 5.04. The van der Waals surface area contributed by atoms with Gasteiger partial charge in [0.15, 0.2) is 0 Å². The lowest BCUT2D eigenvalue weighted by atomic mass is 10.1. The van der Waals surface area contributed by atoms with Gasteiger partial charge in [0.25, 0.3) is 0 Å². The predicted molar refractivity (Wildman–Crippen MR) is 56.9 cm³/mol. The van der Waals surface area contributed by atoms with Crippen LogP contribution >= 0.6 is 0 Å². The van der Waals surface area contributed by atoms with Crippen molar-refractivity contribution in [3.05, 3.63) is 35.4 Å². The SMILES string of the molecule is CNCCC#Cc1cccc(C(F)(F)F)c1. The normalized spacial score (nSPS) is 10.8. The van der Waals surface area contributed by atoms with E-state index in [1.165, 1.54) is 6.07 Å². The molecule has 1 N–H and O–H groups in total. The average molecular weight is 227 g/mol. The quantitative estimate of drug-likeness (QED) is 0.605. The zero-order valence-corrected chi connectivity index (χ0v) is 8.86. The van der Waals surface area contributed by atoms with Gasteiger partial charge in [-0.25, -0.2) is 0 Å². The predicted octanol–water partition coefficient (Wildman–Crippen LogP) is 2.67. The standard InChI is InChI=1S/C12H12F3N/c1-16-8-3-2-5-10-6-4-7-11(9-10)12(13,14)15/h4,6-7,9,16H,3,8H2,1H3. The van der Waals surface area contributed by atoms with Crippen LogP contribution in [0.3, 0.4) is 0 Å². The number of rotatable bonds is 2. The second-order valence-corrected chi connectivity index (χ2v) is 3.23. The first-order valence-corrected chi connectivity index (χ1v) is 4.85. The Morgan fingerprint density at radius 1 is 1.31 bits per heavy atom. The van der Waals surface area contributed by atoms with Gasteiger partial charge >= 0.3 is 6.18 Å². The highest BCUT2D eigenvalue weighted by Crippen LogP contribution is 2.29. The van der Waals surface area contributed by atoms with Gasteiger partial charge in [-0.15, -0.1) is 0 Å². The molecule has 0 radical (unpaired) electrons. The van der Waals surface area contributed by atoms with Gasteiger partial charge in [0.1, 0.15) is 0 Å². The smallest absolute Gasteiger partial charge is 0.319 e. The molecular weight excluding hydrogens is 215 g/mol. The van der Waals surface area contributed by atoms with Crippen LogP contribution in [0, 0.1) is 11.8 Å². The summed E-state index contributed by atoms with van der Waals surface area (Å²) in [4.78, 5) is 0. The van der Waals surface area contributed by atoms with E-state index in [9.17, 15) is 13.2 Å². The van der Waals surface area contributed by atoms with Crippen molar-refractivity contribution in [2.75, 3.05) is 13.6 Å². The fourth-order valence-corrected chi connectivity index (χ4v) is 1.13. The molecule has 1 nitrogen and oxygen atoms in total. The fraction of sp³-hybridized carbons (Fsp3) is 0.333. The minimum Gasteiger partial charge on any atom is -0.319 e. The van der Waals surface area contributed by atoms with Crippen LogP contribution in [-0.2, 0) is 6.18 Å². The molecule has 1 rings (SSSR count). The van der Waals surface area contributed by atoms with E-state index in [-0.39, 0.29) is 0 Å². The highest BCUT2D eigenvalue weighted by Gasteiger charge is 2.30. The molecule has 0 aliphatic heterocycles. The molecule has 0 aromatic heterocycles. The van der Waals surface area contributed by atoms with Gasteiger partial charge in [0, 0.05) is 18.5 Å². The molecule has 1 aromatic rings. The van der Waals surface area contributed by atoms with Crippen molar-refractivity contribution in [2.24, 2.45) is 0 Å². The van der Waals surface area contributed by atoms with Crippen molar-refractivity contribution in [3.63, 3.8) is 0 Å². The van der Waals surface area contributed by atoms with E-state index >= 15 is 0 Å². The van der Waals surface area contributed by atoms with E-state index in [0.29, 0.717) is 12.0 Å². The van der Waals surface area contributed by atoms with E-state index in [1.807, 2.05) is 0 Å². The first kappa shape index (κ1) is 12.6. The maximum Gasteiger partial charge on any atom is 0.416 e. The summed E-state index contributed by atoms with van der Waals surface area (Å²) in [6.45, 7) is 0.728. The Bertz CT molecular complexity index is 399. The lowest BCUT2D eigenvalue weighted by molar-refractivity contribution is -0.137.